The van der Waals surface area contributed by atoms with E-state index in [9.17, 15) is 5.11 Å². The zero-order valence-electron chi connectivity index (χ0n) is 11.4. The van der Waals surface area contributed by atoms with Crippen LogP contribution in [0.3, 0.4) is 0 Å². The van der Waals surface area contributed by atoms with E-state index in [0.29, 0.717) is 22.9 Å². The smallest absolute Gasteiger partial charge is 0.143 e. The number of ether oxygens (including phenoxy) is 1. The minimum atomic E-state index is -0.0918. The Labute approximate surface area is 128 Å². The molecule has 3 rings (SSSR count). The Balaban J connectivity index is 1.91. The molecule has 0 aliphatic heterocycles. The monoisotopic (exact) mass is 298 g/mol. The second-order valence-electron chi connectivity index (χ2n) is 4.81. The van der Waals surface area contributed by atoms with Crippen LogP contribution in [-0.4, -0.2) is 5.11 Å². The van der Waals surface area contributed by atoms with Crippen LogP contribution >= 0.6 is 11.6 Å². The van der Waals surface area contributed by atoms with Crippen molar-refractivity contribution in [1.82, 2.24) is 0 Å². The lowest BCUT2D eigenvalue weighted by atomic mass is 10.1. The Morgan fingerprint density at radius 3 is 2.43 bits per heavy atom. The number of fused-ring (bicyclic) bond motifs is 1. The molecular formula is C18H15ClO2. The maximum absolute atomic E-state index is 9.37. The summed E-state index contributed by atoms with van der Waals surface area (Å²) in [7, 11) is 0. The molecule has 3 aromatic carbocycles. The predicted molar refractivity (Wildman–Crippen MR) is 85.7 cm³/mol. The fraction of sp³-hybridized carbons (Fsp3) is 0.111. The highest BCUT2D eigenvalue weighted by Gasteiger charge is 2.09. The summed E-state index contributed by atoms with van der Waals surface area (Å²) >= 11 is 6.16. The van der Waals surface area contributed by atoms with E-state index in [1.807, 2.05) is 30.3 Å². The zero-order chi connectivity index (χ0) is 14.7. The average molecular weight is 299 g/mol. The number of hydrogen-bond acceptors (Lipinski definition) is 2. The number of halogens is 1. The average Bonchev–Trinajstić information content (AvgIpc) is 2.53. The Morgan fingerprint density at radius 2 is 1.57 bits per heavy atom. The highest BCUT2D eigenvalue weighted by Crippen LogP contribution is 2.30. The third kappa shape index (κ3) is 2.87. The van der Waals surface area contributed by atoms with E-state index in [4.69, 9.17) is 16.3 Å². The summed E-state index contributed by atoms with van der Waals surface area (Å²) in [5.41, 5.74) is 1.79. The first kappa shape index (κ1) is 13.9. The summed E-state index contributed by atoms with van der Waals surface area (Å²) < 4.78 is 5.86. The molecule has 1 N–H and O–H groups in total. The minimum absolute atomic E-state index is 0.0918. The second-order valence-corrected chi connectivity index (χ2v) is 5.22. The van der Waals surface area contributed by atoms with Gasteiger partial charge in [-0.1, -0.05) is 66.2 Å². The van der Waals surface area contributed by atoms with E-state index < -0.39 is 0 Å². The van der Waals surface area contributed by atoms with Crippen LogP contribution < -0.4 is 4.74 Å². The van der Waals surface area contributed by atoms with Gasteiger partial charge < -0.3 is 9.84 Å². The number of rotatable bonds is 4. The fourth-order valence-electron chi connectivity index (χ4n) is 2.41. The largest absolute Gasteiger partial charge is 0.487 e. The summed E-state index contributed by atoms with van der Waals surface area (Å²) in [6.07, 6.45) is 0. The van der Waals surface area contributed by atoms with E-state index >= 15 is 0 Å². The summed E-state index contributed by atoms with van der Waals surface area (Å²) in [5.74, 6) is 0.551. The van der Waals surface area contributed by atoms with Gasteiger partial charge in [0.05, 0.1) is 11.6 Å². The molecule has 0 unspecified atom stereocenters. The highest BCUT2D eigenvalue weighted by atomic mass is 35.5. The molecule has 0 aliphatic rings. The maximum atomic E-state index is 9.37. The van der Waals surface area contributed by atoms with Crippen LogP contribution in [0, 0.1) is 0 Å². The zero-order valence-corrected chi connectivity index (χ0v) is 12.2. The van der Waals surface area contributed by atoms with Crippen LogP contribution in [-0.2, 0) is 13.2 Å². The van der Waals surface area contributed by atoms with Crippen molar-refractivity contribution in [2.24, 2.45) is 0 Å². The number of hydrogen-bond donors (Lipinski definition) is 1. The van der Waals surface area contributed by atoms with Gasteiger partial charge in [-0.3, -0.25) is 0 Å². The SMILES string of the molecule is OCc1cccc(Cl)c1OCc1cccc2ccccc12. The van der Waals surface area contributed by atoms with Gasteiger partial charge in [0.25, 0.3) is 0 Å². The van der Waals surface area contributed by atoms with E-state index in [1.54, 1.807) is 12.1 Å². The Bertz CT molecular complexity index is 763. The van der Waals surface area contributed by atoms with Gasteiger partial charge in [-0.25, -0.2) is 0 Å². The maximum Gasteiger partial charge on any atom is 0.143 e. The van der Waals surface area contributed by atoms with Gasteiger partial charge in [-0.2, -0.15) is 0 Å². The molecule has 3 heteroatoms. The molecular weight excluding hydrogens is 284 g/mol. The van der Waals surface area contributed by atoms with Crippen molar-refractivity contribution < 1.29 is 9.84 Å². The van der Waals surface area contributed by atoms with Crippen LogP contribution in [0.25, 0.3) is 10.8 Å². The number of aliphatic hydroxyl groups excluding tert-OH is 1. The number of para-hydroxylation sites is 1. The van der Waals surface area contributed by atoms with Crippen molar-refractivity contribution in [3.63, 3.8) is 0 Å². The van der Waals surface area contributed by atoms with Crippen LogP contribution in [0.15, 0.2) is 60.7 Å². The lowest BCUT2D eigenvalue weighted by Gasteiger charge is -2.13. The van der Waals surface area contributed by atoms with Crippen molar-refractivity contribution in [1.29, 1.82) is 0 Å². The number of benzene rings is 3. The lowest BCUT2D eigenvalue weighted by molar-refractivity contribution is 0.259. The predicted octanol–water partition coefficient (Wildman–Crippen LogP) is 4.56. The van der Waals surface area contributed by atoms with Gasteiger partial charge in [0.15, 0.2) is 0 Å². The van der Waals surface area contributed by atoms with Crippen LogP contribution in [0.5, 0.6) is 5.75 Å². The molecule has 0 aromatic heterocycles. The summed E-state index contributed by atoms with van der Waals surface area (Å²) in [5, 5.41) is 12.2. The third-order valence-electron chi connectivity index (χ3n) is 3.47. The Kier molecular flexibility index (Phi) is 4.09. The molecule has 0 heterocycles. The fourth-order valence-corrected chi connectivity index (χ4v) is 2.66. The standard InChI is InChI=1S/C18H15ClO2/c19-17-10-4-7-14(11-20)18(17)21-12-15-8-3-6-13-5-1-2-9-16(13)15/h1-10,20H,11-12H2. The first-order valence-electron chi connectivity index (χ1n) is 6.77. The lowest BCUT2D eigenvalue weighted by Crippen LogP contribution is -2.00. The van der Waals surface area contributed by atoms with Gasteiger partial charge in [0, 0.05) is 5.56 Å². The topological polar surface area (TPSA) is 29.5 Å². The molecule has 21 heavy (non-hydrogen) atoms. The summed E-state index contributed by atoms with van der Waals surface area (Å²) in [6, 6.07) is 19.7. The summed E-state index contributed by atoms with van der Waals surface area (Å²) in [4.78, 5) is 0. The van der Waals surface area contributed by atoms with Crippen molar-refractivity contribution in [2.75, 3.05) is 0 Å². The minimum Gasteiger partial charge on any atom is -0.487 e. The van der Waals surface area contributed by atoms with Gasteiger partial charge in [-0.15, -0.1) is 0 Å². The van der Waals surface area contributed by atoms with Crippen LogP contribution in [0.4, 0.5) is 0 Å². The Hall–Kier alpha value is -2.03. The molecule has 0 fully saturated rings. The van der Waals surface area contributed by atoms with Gasteiger partial charge in [-0.05, 0) is 22.4 Å². The number of aliphatic hydroxyl groups is 1. The van der Waals surface area contributed by atoms with Crippen molar-refractivity contribution >= 4 is 22.4 Å². The first-order valence-corrected chi connectivity index (χ1v) is 7.15. The van der Waals surface area contributed by atoms with E-state index in [0.717, 1.165) is 10.9 Å². The molecule has 0 amide bonds. The van der Waals surface area contributed by atoms with E-state index in [1.165, 1.54) is 5.39 Å². The Morgan fingerprint density at radius 1 is 0.857 bits per heavy atom. The molecule has 0 aliphatic carbocycles. The molecule has 0 radical (unpaired) electrons. The molecule has 2 nitrogen and oxygen atoms in total. The van der Waals surface area contributed by atoms with Crippen molar-refractivity contribution in [3.8, 4) is 5.75 Å². The molecule has 0 saturated carbocycles. The van der Waals surface area contributed by atoms with E-state index in [-0.39, 0.29) is 6.61 Å². The summed E-state index contributed by atoms with van der Waals surface area (Å²) in [6.45, 7) is 0.323. The van der Waals surface area contributed by atoms with Gasteiger partial charge >= 0.3 is 0 Å². The van der Waals surface area contributed by atoms with Gasteiger partial charge in [0.1, 0.15) is 12.4 Å². The van der Waals surface area contributed by atoms with Gasteiger partial charge in [0.2, 0.25) is 0 Å². The van der Waals surface area contributed by atoms with Crippen molar-refractivity contribution in [2.45, 2.75) is 13.2 Å². The quantitative estimate of drug-likeness (QED) is 0.765. The van der Waals surface area contributed by atoms with Crippen molar-refractivity contribution in [3.05, 3.63) is 76.8 Å². The highest BCUT2D eigenvalue weighted by molar-refractivity contribution is 6.32. The molecule has 0 spiro atoms. The molecule has 0 saturated heterocycles. The normalized spacial score (nSPS) is 10.8. The molecule has 3 aromatic rings. The third-order valence-corrected chi connectivity index (χ3v) is 3.77. The molecule has 106 valence electrons. The van der Waals surface area contributed by atoms with Crippen LogP contribution in [0.2, 0.25) is 5.02 Å². The molecule has 0 atom stereocenters. The van der Waals surface area contributed by atoms with Crippen LogP contribution in [0.1, 0.15) is 11.1 Å². The first-order chi connectivity index (χ1) is 10.3. The second kappa shape index (κ2) is 6.17. The van der Waals surface area contributed by atoms with E-state index in [2.05, 4.69) is 18.2 Å². The molecule has 0 bridgehead atoms.